The number of nitrogens with one attached hydrogen (secondary N) is 1. The third-order valence-electron chi connectivity index (χ3n) is 2.22. The minimum Gasteiger partial charge on any atom is -0.399 e. The molecule has 1 heterocycles. The van der Waals surface area contributed by atoms with Crippen molar-refractivity contribution in [2.75, 3.05) is 6.61 Å². The van der Waals surface area contributed by atoms with Crippen LogP contribution in [0, 0.1) is 5.41 Å². The van der Waals surface area contributed by atoms with Gasteiger partial charge in [-0.2, -0.15) is 0 Å². The van der Waals surface area contributed by atoms with Crippen LogP contribution in [-0.4, -0.2) is 26.5 Å². The number of nitrogens with two attached hydrogens (primary N) is 1. The quantitative estimate of drug-likeness (QED) is 0.430. The van der Waals surface area contributed by atoms with Crippen LogP contribution in [-0.2, 0) is 0 Å². The maximum absolute atomic E-state index is 9.44. The summed E-state index contributed by atoms with van der Waals surface area (Å²) in [5.41, 5.74) is 6.60. The molecule has 4 nitrogen and oxygen atoms in total. The fraction of sp³-hybridized carbons (Fsp3) is 0.231. The lowest BCUT2D eigenvalue weighted by molar-refractivity contribution is 0.277. The molecule has 0 aromatic carbocycles. The summed E-state index contributed by atoms with van der Waals surface area (Å²) in [7, 11) is 0. The van der Waals surface area contributed by atoms with E-state index in [0.717, 1.165) is 5.56 Å². The summed E-state index contributed by atoms with van der Waals surface area (Å²) in [6, 6.07) is 3.59. The summed E-state index contributed by atoms with van der Waals surface area (Å²) >= 11 is 1.25. The lowest BCUT2D eigenvalue weighted by Gasteiger charge is -2.22. The molecule has 0 aliphatic rings. The molecule has 0 fully saturated rings. The van der Waals surface area contributed by atoms with Crippen molar-refractivity contribution < 1.29 is 5.11 Å². The van der Waals surface area contributed by atoms with Crippen LogP contribution in [0.3, 0.4) is 0 Å². The highest BCUT2D eigenvalue weighted by Gasteiger charge is 2.23. The normalized spacial score (nSPS) is 14.3. The van der Waals surface area contributed by atoms with Gasteiger partial charge < -0.3 is 10.8 Å². The largest absolute Gasteiger partial charge is 0.399 e. The van der Waals surface area contributed by atoms with E-state index in [1.54, 1.807) is 30.6 Å². The highest BCUT2D eigenvalue weighted by Crippen LogP contribution is 2.29. The smallest absolute Gasteiger partial charge is 0.0967 e. The molecule has 1 unspecified atom stereocenters. The Morgan fingerprint density at radius 2 is 2.44 bits per heavy atom. The van der Waals surface area contributed by atoms with E-state index in [4.69, 9.17) is 11.1 Å². The molecular weight excluding hydrogens is 246 g/mol. The Balaban J connectivity index is 2.80. The van der Waals surface area contributed by atoms with Gasteiger partial charge in [-0.3, -0.25) is 10.4 Å². The summed E-state index contributed by atoms with van der Waals surface area (Å²) in [6.45, 7) is 5.31. The van der Waals surface area contributed by atoms with Gasteiger partial charge in [0.25, 0.3) is 0 Å². The monoisotopic (exact) mass is 263 g/mol. The molecule has 0 bridgehead atoms. The van der Waals surface area contributed by atoms with E-state index >= 15 is 0 Å². The summed E-state index contributed by atoms with van der Waals surface area (Å²) in [5.74, 6) is 0. The van der Waals surface area contributed by atoms with Gasteiger partial charge in [0.2, 0.25) is 0 Å². The maximum atomic E-state index is 9.44. The number of allylic oxidation sites excluding steroid dienone is 1. The molecule has 1 aromatic rings. The Morgan fingerprint density at radius 1 is 1.72 bits per heavy atom. The van der Waals surface area contributed by atoms with Crippen molar-refractivity contribution in [2.45, 2.75) is 11.7 Å². The zero-order valence-corrected chi connectivity index (χ0v) is 11.1. The number of pyridine rings is 1. The number of hydrogen-bond acceptors (Lipinski definition) is 5. The molecule has 1 atom stereocenters. The molecule has 4 N–H and O–H groups in total. The standard InChI is InChI=1S/C13H17N3OS/c1-10(14)5-6-13(2,9-17)18-12(15)11-4-3-7-16-8-11/h3-8,15,17H,1,9,14H2,2H3/b6-5-,15-12?. The number of aliphatic hydroxyl groups is 1. The third kappa shape index (κ3) is 4.35. The zero-order valence-electron chi connectivity index (χ0n) is 10.3. The SMILES string of the molecule is C=C(N)/C=C\C(C)(CO)SC(=N)c1cccnc1. The summed E-state index contributed by atoms with van der Waals surface area (Å²) < 4.78 is -0.602. The van der Waals surface area contributed by atoms with Crippen LogP contribution in [0.4, 0.5) is 0 Å². The minimum atomic E-state index is -0.602. The van der Waals surface area contributed by atoms with Crippen molar-refractivity contribution in [3.8, 4) is 0 Å². The van der Waals surface area contributed by atoms with Crippen molar-refractivity contribution in [3.63, 3.8) is 0 Å². The van der Waals surface area contributed by atoms with Crippen LogP contribution >= 0.6 is 11.8 Å². The molecule has 0 radical (unpaired) electrons. The van der Waals surface area contributed by atoms with Gasteiger partial charge in [-0.25, -0.2) is 0 Å². The van der Waals surface area contributed by atoms with Crippen LogP contribution in [0.15, 0.2) is 49.0 Å². The molecule has 0 spiro atoms. The Kier molecular flexibility index (Phi) is 5.12. The first kappa shape index (κ1) is 14.5. The fourth-order valence-corrected chi connectivity index (χ4v) is 2.10. The second kappa shape index (κ2) is 6.37. The third-order valence-corrected chi connectivity index (χ3v) is 3.39. The van der Waals surface area contributed by atoms with Crippen molar-refractivity contribution in [2.24, 2.45) is 5.73 Å². The van der Waals surface area contributed by atoms with Gasteiger partial charge in [0.15, 0.2) is 0 Å². The summed E-state index contributed by atoms with van der Waals surface area (Å²) in [5, 5.41) is 17.8. The number of nitrogens with zero attached hydrogens (tertiary/aromatic N) is 1. The van der Waals surface area contributed by atoms with Crippen molar-refractivity contribution in [1.82, 2.24) is 4.98 Å². The van der Waals surface area contributed by atoms with Gasteiger partial charge in [0.1, 0.15) is 0 Å². The van der Waals surface area contributed by atoms with Crippen molar-refractivity contribution in [3.05, 3.63) is 54.5 Å². The Labute approximate surface area is 111 Å². The predicted molar refractivity (Wildman–Crippen MR) is 76.6 cm³/mol. The van der Waals surface area contributed by atoms with Gasteiger partial charge in [-0.05, 0) is 25.1 Å². The minimum absolute atomic E-state index is 0.0932. The van der Waals surface area contributed by atoms with E-state index < -0.39 is 4.75 Å². The molecule has 0 saturated carbocycles. The molecule has 18 heavy (non-hydrogen) atoms. The van der Waals surface area contributed by atoms with Crippen LogP contribution in [0.2, 0.25) is 0 Å². The van der Waals surface area contributed by atoms with Crippen molar-refractivity contribution in [1.29, 1.82) is 5.41 Å². The van der Waals surface area contributed by atoms with E-state index in [1.165, 1.54) is 11.8 Å². The van der Waals surface area contributed by atoms with Gasteiger partial charge >= 0.3 is 0 Å². The first-order valence-electron chi connectivity index (χ1n) is 5.39. The summed E-state index contributed by atoms with van der Waals surface area (Å²) in [6.07, 6.45) is 6.67. The Bertz CT molecular complexity index is 459. The lowest BCUT2D eigenvalue weighted by atomic mass is 10.1. The lowest BCUT2D eigenvalue weighted by Crippen LogP contribution is -2.24. The molecule has 0 saturated heterocycles. The topological polar surface area (TPSA) is 83.0 Å². The van der Waals surface area contributed by atoms with Crippen molar-refractivity contribution >= 4 is 16.8 Å². The molecule has 96 valence electrons. The zero-order chi connectivity index (χ0) is 13.6. The summed E-state index contributed by atoms with van der Waals surface area (Å²) in [4.78, 5) is 3.97. The van der Waals surface area contributed by atoms with Gasteiger partial charge in [0.05, 0.1) is 16.4 Å². The van der Waals surface area contributed by atoms with Crippen LogP contribution < -0.4 is 5.73 Å². The molecule has 0 amide bonds. The Hall–Kier alpha value is -1.59. The predicted octanol–water partition coefficient (Wildman–Crippen LogP) is 1.92. The molecule has 5 heteroatoms. The second-order valence-electron chi connectivity index (χ2n) is 4.05. The first-order valence-corrected chi connectivity index (χ1v) is 6.21. The van der Waals surface area contributed by atoms with Gasteiger partial charge in [-0.1, -0.05) is 24.4 Å². The average molecular weight is 263 g/mol. The van der Waals surface area contributed by atoms with Gasteiger partial charge in [0, 0.05) is 23.7 Å². The molecule has 1 aromatic heterocycles. The average Bonchev–Trinajstić information content (AvgIpc) is 2.37. The molecule has 0 aliphatic carbocycles. The van der Waals surface area contributed by atoms with E-state index in [2.05, 4.69) is 11.6 Å². The maximum Gasteiger partial charge on any atom is 0.0967 e. The van der Waals surface area contributed by atoms with E-state index in [9.17, 15) is 5.11 Å². The molecule has 0 aliphatic heterocycles. The number of thioether (sulfide) groups is 1. The van der Waals surface area contributed by atoms with E-state index in [1.807, 2.05) is 13.0 Å². The molecule has 1 rings (SSSR count). The first-order chi connectivity index (χ1) is 8.47. The number of aliphatic hydroxyl groups excluding tert-OH is 1. The fourth-order valence-electron chi connectivity index (χ4n) is 1.19. The Morgan fingerprint density at radius 3 is 2.94 bits per heavy atom. The van der Waals surface area contributed by atoms with Crippen LogP contribution in [0.25, 0.3) is 0 Å². The second-order valence-corrected chi connectivity index (χ2v) is 5.60. The highest BCUT2D eigenvalue weighted by atomic mass is 32.2. The van der Waals surface area contributed by atoms with Crippen LogP contribution in [0.5, 0.6) is 0 Å². The number of hydrogen-bond donors (Lipinski definition) is 3. The highest BCUT2D eigenvalue weighted by molar-refractivity contribution is 8.15. The van der Waals surface area contributed by atoms with E-state index in [-0.39, 0.29) is 6.61 Å². The molecular formula is C13H17N3OS. The number of rotatable bonds is 5. The van der Waals surface area contributed by atoms with E-state index in [0.29, 0.717) is 10.7 Å². The van der Waals surface area contributed by atoms with Gasteiger partial charge in [-0.15, -0.1) is 0 Å². The number of aromatic nitrogens is 1. The van der Waals surface area contributed by atoms with Crippen LogP contribution in [0.1, 0.15) is 12.5 Å².